The summed E-state index contributed by atoms with van der Waals surface area (Å²) >= 11 is 0. The molecule has 1 fully saturated rings. The molecule has 0 aromatic carbocycles. The van der Waals surface area contributed by atoms with Crippen LogP contribution in [0.15, 0.2) is 72.8 Å². The molecule has 136 valence electrons. The van der Waals surface area contributed by atoms with Gasteiger partial charge in [-0.15, -0.1) is 0 Å². The van der Waals surface area contributed by atoms with E-state index in [-0.39, 0.29) is 17.9 Å². The smallest absolute Gasteiger partial charge is 0.251 e. The lowest BCUT2D eigenvalue weighted by molar-refractivity contribution is -0.118. The maximum Gasteiger partial charge on any atom is 0.251 e. The Bertz CT molecular complexity index is 725. The topological polar surface area (TPSA) is 45.2 Å². The van der Waals surface area contributed by atoms with Crippen molar-refractivity contribution in [2.24, 2.45) is 0 Å². The lowest BCUT2D eigenvalue weighted by Crippen LogP contribution is -2.44. The second kappa shape index (κ2) is 8.65. The molecule has 0 spiro atoms. The van der Waals surface area contributed by atoms with Crippen LogP contribution in [-0.4, -0.2) is 34.9 Å². The minimum Gasteiger partial charge on any atom is -0.372 e. The zero-order valence-corrected chi connectivity index (χ0v) is 15.4. The molecule has 1 aliphatic carbocycles. The van der Waals surface area contributed by atoms with Crippen LogP contribution in [-0.2, 0) is 4.79 Å². The average molecular weight is 349 g/mol. The molecular formula is C22H27N3O. The molecule has 0 saturated carbocycles. The van der Waals surface area contributed by atoms with Crippen molar-refractivity contribution in [2.75, 3.05) is 13.1 Å². The number of aromatic nitrogens is 1. The highest BCUT2D eigenvalue weighted by atomic mass is 16.1. The summed E-state index contributed by atoms with van der Waals surface area (Å²) in [7, 11) is 0. The maximum atomic E-state index is 12.7. The lowest BCUT2D eigenvalue weighted by Gasteiger charge is -2.34. The van der Waals surface area contributed by atoms with Crippen molar-refractivity contribution in [3.8, 4) is 0 Å². The van der Waals surface area contributed by atoms with Crippen LogP contribution >= 0.6 is 0 Å². The van der Waals surface area contributed by atoms with E-state index in [0.717, 1.165) is 43.5 Å². The number of hydrogen-bond acceptors (Lipinski definition) is 3. The zero-order chi connectivity index (χ0) is 18.4. The third kappa shape index (κ3) is 4.31. The van der Waals surface area contributed by atoms with E-state index in [1.807, 2.05) is 31.3 Å². The quantitative estimate of drug-likeness (QED) is 0.824. The van der Waals surface area contributed by atoms with Gasteiger partial charge in [-0.1, -0.05) is 36.9 Å². The van der Waals surface area contributed by atoms with E-state index in [0.29, 0.717) is 0 Å². The number of nitrogens with one attached hydrogen (secondary N) is 1. The Hall–Kier alpha value is -2.62. The Kier molecular flexibility index (Phi) is 6.05. The first-order valence-corrected chi connectivity index (χ1v) is 9.34. The van der Waals surface area contributed by atoms with Gasteiger partial charge in [-0.2, -0.15) is 0 Å². The van der Waals surface area contributed by atoms with E-state index in [1.165, 1.54) is 5.70 Å². The SMILES string of the molecule is C=CC(=CC)N1CCC(NC(=O)C2=CC(c3cccnc3)CC=C2)CC1. The average Bonchev–Trinajstić information content (AvgIpc) is 2.71. The van der Waals surface area contributed by atoms with Crippen LogP contribution in [0, 0.1) is 0 Å². The number of hydrogen-bond donors (Lipinski definition) is 1. The molecule has 1 aliphatic heterocycles. The molecule has 1 aromatic rings. The Balaban J connectivity index is 1.58. The van der Waals surface area contributed by atoms with Crippen LogP contribution in [0.2, 0.25) is 0 Å². The molecule has 1 atom stereocenters. The van der Waals surface area contributed by atoms with Crippen molar-refractivity contribution in [3.05, 3.63) is 78.3 Å². The Morgan fingerprint density at radius 1 is 1.38 bits per heavy atom. The third-order valence-electron chi connectivity index (χ3n) is 5.14. The summed E-state index contributed by atoms with van der Waals surface area (Å²) in [6.45, 7) is 7.80. The van der Waals surface area contributed by atoms with Crippen LogP contribution in [0.1, 0.15) is 37.7 Å². The van der Waals surface area contributed by atoms with E-state index >= 15 is 0 Å². The largest absolute Gasteiger partial charge is 0.372 e. The van der Waals surface area contributed by atoms with Crippen molar-refractivity contribution in [1.29, 1.82) is 0 Å². The van der Waals surface area contributed by atoms with E-state index in [2.05, 4.69) is 46.1 Å². The lowest BCUT2D eigenvalue weighted by atomic mass is 9.90. The van der Waals surface area contributed by atoms with Gasteiger partial charge in [0.2, 0.25) is 0 Å². The number of piperidine rings is 1. The Morgan fingerprint density at radius 3 is 2.85 bits per heavy atom. The van der Waals surface area contributed by atoms with Gasteiger partial charge >= 0.3 is 0 Å². The number of amides is 1. The first-order chi connectivity index (χ1) is 12.7. The van der Waals surface area contributed by atoms with Gasteiger partial charge in [0, 0.05) is 48.7 Å². The zero-order valence-electron chi connectivity index (χ0n) is 15.4. The van der Waals surface area contributed by atoms with E-state index < -0.39 is 0 Å². The van der Waals surface area contributed by atoms with Gasteiger partial charge in [0.15, 0.2) is 0 Å². The fourth-order valence-corrected chi connectivity index (χ4v) is 3.64. The van der Waals surface area contributed by atoms with Crippen LogP contribution < -0.4 is 5.32 Å². The molecule has 4 heteroatoms. The molecule has 4 nitrogen and oxygen atoms in total. The van der Waals surface area contributed by atoms with Crippen molar-refractivity contribution < 1.29 is 4.79 Å². The summed E-state index contributed by atoms with van der Waals surface area (Å²) in [5, 5.41) is 3.21. The molecule has 3 rings (SSSR count). The highest BCUT2D eigenvalue weighted by Crippen LogP contribution is 2.27. The Morgan fingerprint density at radius 2 is 2.19 bits per heavy atom. The number of carbonyl (C=O) groups excluding carboxylic acids is 1. The maximum absolute atomic E-state index is 12.7. The van der Waals surface area contributed by atoms with Crippen molar-refractivity contribution >= 4 is 5.91 Å². The minimum absolute atomic E-state index is 0.0308. The summed E-state index contributed by atoms with van der Waals surface area (Å²) in [5.74, 6) is 0.254. The normalized spacial score (nSPS) is 21.3. The summed E-state index contributed by atoms with van der Waals surface area (Å²) in [4.78, 5) is 19.2. The molecule has 1 N–H and O–H groups in total. The fraction of sp³-hybridized carbons (Fsp3) is 0.364. The molecule has 1 amide bonds. The molecule has 1 saturated heterocycles. The van der Waals surface area contributed by atoms with Gasteiger partial charge in [-0.3, -0.25) is 9.78 Å². The van der Waals surface area contributed by atoms with Gasteiger partial charge in [0.1, 0.15) is 0 Å². The second-order valence-electron chi connectivity index (χ2n) is 6.81. The number of pyridine rings is 1. The highest BCUT2D eigenvalue weighted by Gasteiger charge is 2.23. The molecule has 0 bridgehead atoms. The van der Waals surface area contributed by atoms with Crippen molar-refractivity contribution in [3.63, 3.8) is 0 Å². The third-order valence-corrected chi connectivity index (χ3v) is 5.14. The van der Waals surface area contributed by atoms with Gasteiger partial charge in [-0.05, 0) is 43.9 Å². The molecule has 2 heterocycles. The summed E-state index contributed by atoms with van der Waals surface area (Å²) in [5.41, 5.74) is 3.08. The number of likely N-dealkylation sites (tertiary alicyclic amines) is 1. The predicted molar refractivity (Wildman–Crippen MR) is 106 cm³/mol. The molecule has 2 aliphatic rings. The van der Waals surface area contributed by atoms with Crippen LogP contribution in [0.25, 0.3) is 0 Å². The first-order valence-electron chi connectivity index (χ1n) is 9.34. The van der Waals surface area contributed by atoms with E-state index in [4.69, 9.17) is 0 Å². The number of rotatable bonds is 5. The number of nitrogens with zero attached hydrogens (tertiary/aromatic N) is 2. The summed E-state index contributed by atoms with van der Waals surface area (Å²) in [6.07, 6.45) is 16.6. The Labute approximate surface area is 156 Å². The molecular weight excluding hydrogens is 322 g/mol. The molecule has 1 unspecified atom stereocenters. The summed E-state index contributed by atoms with van der Waals surface area (Å²) in [6, 6.07) is 4.24. The van der Waals surface area contributed by atoms with Gasteiger partial charge in [0.05, 0.1) is 0 Å². The van der Waals surface area contributed by atoms with E-state index in [1.54, 1.807) is 6.20 Å². The summed E-state index contributed by atoms with van der Waals surface area (Å²) < 4.78 is 0. The van der Waals surface area contributed by atoms with Crippen LogP contribution in [0.4, 0.5) is 0 Å². The molecule has 0 radical (unpaired) electrons. The van der Waals surface area contributed by atoms with Crippen molar-refractivity contribution in [2.45, 2.75) is 38.1 Å². The monoisotopic (exact) mass is 349 g/mol. The number of allylic oxidation sites excluding steroid dienone is 4. The van der Waals surface area contributed by atoms with Gasteiger partial charge in [-0.25, -0.2) is 0 Å². The fourth-order valence-electron chi connectivity index (χ4n) is 3.64. The van der Waals surface area contributed by atoms with Gasteiger partial charge in [0.25, 0.3) is 5.91 Å². The van der Waals surface area contributed by atoms with Crippen LogP contribution in [0.5, 0.6) is 0 Å². The van der Waals surface area contributed by atoms with E-state index in [9.17, 15) is 4.79 Å². The predicted octanol–water partition coefficient (Wildman–Crippen LogP) is 3.72. The standard InChI is InChI=1S/C22H27N3O/c1-3-21(4-2)25-13-10-20(11-14-25)24-22(26)18-8-5-7-17(15-18)19-9-6-12-23-16-19/h3-6,8-9,12,15-17,20H,1,7,10-11,13-14H2,2H3,(H,24,26). The van der Waals surface area contributed by atoms with Crippen LogP contribution in [0.3, 0.4) is 0 Å². The highest BCUT2D eigenvalue weighted by molar-refractivity contribution is 5.96. The first kappa shape index (κ1) is 18.2. The molecule has 1 aromatic heterocycles. The molecule has 26 heavy (non-hydrogen) atoms. The minimum atomic E-state index is 0.0308. The number of carbonyl (C=O) groups is 1. The van der Waals surface area contributed by atoms with Gasteiger partial charge < -0.3 is 10.2 Å². The van der Waals surface area contributed by atoms with Crippen molar-refractivity contribution in [1.82, 2.24) is 15.2 Å². The second-order valence-corrected chi connectivity index (χ2v) is 6.81.